The standard InChI is InChI=1S/C27H32O4/c28-18-26(30-20-24-12-6-2-7-13-24)16-17-27(31-21-25-14-8-3-9-15-25)22-29-19-23-10-4-1-5-11-23/h1-15,26-28H,16-22H2/t26-,27-/m0/s1. The van der Waals surface area contributed by atoms with E-state index in [4.69, 9.17) is 14.2 Å². The molecule has 0 fully saturated rings. The fourth-order valence-corrected chi connectivity index (χ4v) is 3.27. The van der Waals surface area contributed by atoms with E-state index < -0.39 is 0 Å². The maximum absolute atomic E-state index is 9.75. The van der Waals surface area contributed by atoms with Crippen LogP contribution in [0, 0.1) is 0 Å². The monoisotopic (exact) mass is 420 g/mol. The third-order valence-corrected chi connectivity index (χ3v) is 5.09. The zero-order valence-corrected chi connectivity index (χ0v) is 17.9. The Balaban J connectivity index is 1.48. The Bertz CT molecular complexity index is 824. The highest BCUT2D eigenvalue weighted by Gasteiger charge is 2.15. The fraction of sp³-hybridized carbons (Fsp3) is 0.333. The topological polar surface area (TPSA) is 47.9 Å². The van der Waals surface area contributed by atoms with E-state index in [1.807, 2.05) is 66.7 Å². The summed E-state index contributed by atoms with van der Waals surface area (Å²) < 4.78 is 18.0. The molecule has 0 spiro atoms. The van der Waals surface area contributed by atoms with Crippen LogP contribution in [-0.2, 0) is 34.0 Å². The zero-order valence-electron chi connectivity index (χ0n) is 17.9. The van der Waals surface area contributed by atoms with Crippen LogP contribution >= 0.6 is 0 Å². The third kappa shape index (κ3) is 9.03. The van der Waals surface area contributed by atoms with Crippen LogP contribution < -0.4 is 0 Å². The molecule has 2 atom stereocenters. The molecular formula is C27H32O4. The lowest BCUT2D eigenvalue weighted by Gasteiger charge is -2.21. The van der Waals surface area contributed by atoms with Gasteiger partial charge in [-0.1, -0.05) is 91.0 Å². The quantitative estimate of drug-likeness (QED) is 0.392. The first-order valence-corrected chi connectivity index (χ1v) is 10.9. The highest BCUT2D eigenvalue weighted by molar-refractivity contribution is 5.14. The molecule has 3 aromatic rings. The zero-order chi connectivity index (χ0) is 21.6. The van der Waals surface area contributed by atoms with Gasteiger partial charge in [0.2, 0.25) is 0 Å². The van der Waals surface area contributed by atoms with Crippen molar-refractivity contribution in [1.29, 1.82) is 0 Å². The number of ether oxygens (including phenoxy) is 3. The van der Waals surface area contributed by atoms with Gasteiger partial charge in [0.05, 0.1) is 45.2 Å². The summed E-state index contributed by atoms with van der Waals surface area (Å²) in [5.41, 5.74) is 3.38. The molecule has 4 heteroatoms. The molecule has 3 aromatic carbocycles. The van der Waals surface area contributed by atoms with Crippen molar-refractivity contribution < 1.29 is 19.3 Å². The van der Waals surface area contributed by atoms with Crippen LogP contribution in [0.4, 0.5) is 0 Å². The number of aliphatic hydroxyl groups excluding tert-OH is 1. The van der Waals surface area contributed by atoms with E-state index in [0.29, 0.717) is 32.8 Å². The van der Waals surface area contributed by atoms with E-state index in [-0.39, 0.29) is 18.8 Å². The van der Waals surface area contributed by atoms with Crippen LogP contribution in [-0.4, -0.2) is 30.5 Å². The van der Waals surface area contributed by atoms with Crippen molar-refractivity contribution in [3.05, 3.63) is 108 Å². The van der Waals surface area contributed by atoms with Crippen molar-refractivity contribution in [1.82, 2.24) is 0 Å². The van der Waals surface area contributed by atoms with Crippen LogP contribution in [0.5, 0.6) is 0 Å². The second kappa shape index (κ2) is 13.7. The minimum atomic E-state index is -0.225. The average molecular weight is 421 g/mol. The van der Waals surface area contributed by atoms with Crippen LogP contribution in [0.15, 0.2) is 91.0 Å². The van der Waals surface area contributed by atoms with E-state index in [2.05, 4.69) is 24.3 Å². The molecule has 0 amide bonds. The van der Waals surface area contributed by atoms with Gasteiger partial charge in [-0.05, 0) is 29.5 Å². The highest BCUT2D eigenvalue weighted by Crippen LogP contribution is 2.14. The molecule has 0 bridgehead atoms. The number of aliphatic hydroxyl groups is 1. The maximum Gasteiger partial charge on any atom is 0.0814 e. The lowest BCUT2D eigenvalue weighted by molar-refractivity contribution is -0.0512. The normalized spacial score (nSPS) is 13.1. The summed E-state index contributed by atoms with van der Waals surface area (Å²) in [6, 6.07) is 30.3. The van der Waals surface area contributed by atoms with E-state index in [1.54, 1.807) is 0 Å². The molecule has 0 aliphatic rings. The number of benzene rings is 3. The minimum Gasteiger partial charge on any atom is -0.394 e. The van der Waals surface area contributed by atoms with Crippen LogP contribution in [0.25, 0.3) is 0 Å². The molecule has 4 nitrogen and oxygen atoms in total. The first-order valence-electron chi connectivity index (χ1n) is 10.9. The Kier molecular flexibility index (Phi) is 10.3. The summed E-state index contributed by atoms with van der Waals surface area (Å²) in [4.78, 5) is 0. The highest BCUT2D eigenvalue weighted by atomic mass is 16.5. The number of rotatable bonds is 14. The molecule has 0 aliphatic carbocycles. The summed E-state index contributed by atoms with van der Waals surface area (Å²) in [6.45, 7) is 2.07. The van der Waals surface area contributed by atoms with Gasteiger partial charge in [-0.15, -0.1) is 0 Å². The van der Waals surface area contributed by atoms with Crippen molar-refractivity contribution >= 4 is 0 Å². The van der Waals surface area contributed by atoms with Crippen molar-refractivity contribution in [2.45, 2.75) is 44.9 Å². The Morgan fingerprint density at radius 2 is 0.968 bits per heavy atom. The van der Waals surface area contributed by atoms with Gasteiger partial charge in [0.15, 0.2) is 0 Å². The number of hydrogen-bond acceptors (Lipinski definition) is 4. The molecule has 0 heterocycles. The Labute approximate surface area is 185 Å². The van der Waals surface area contributed by atoms with Gasteiger partial charge in [-0.3, -0.25) is 0 Å². The Morgan fingerprint density at radius 3 is 1.45 bits per heavy atom. The summed E-state index contributed by atoms with van der Waals surface area (Å²) in [7, 11) is 0. The SMILES string of the molecule is OC[C@H](CC[C@@H](COCc1ccccc1)OCc1ccccc1)OCc1ccccc1. The van der Waals surface area contributed by atoms with Gasteiger partial charge in [-0.2, -0.15) is 0 Å². The molecule has 0 unspecified atom stereocenters. The second-order valence-electron chi connectivity index (χ2n) is 7.60. The molecule has 164 valence electrons. The predicted molar refractivity (Wildman–Crippen MR) is 122 cm³/mol. The lowest BCUT2D eigenvalue weighted by Crippen LogP contribution is -2.25. The van der Waals surface area contributed by atoms with Gasteiger partial charge in [0.25, 0.3) is 0 Å². The average Bonchev–Trinajstić information content (AvgIpc) is 2.84. The minimum absolute atomic E-state index is 0.0108. The van der Waals surface area contributed by atoms with Gasteiger partial charge < -0.3 is 19.3 Å². The van der Waals surface area contributed by atoms with Crippen molar-refractivity contribution in [2.75, 3.05) is 13.2 Å². The van der Waals surface area contributed by atoms with E-state index in [0.717, 1.165) is 23.1 Å². The molecule has 0 saturated carbocycles. The largest absolute Gasteiger partial charge is 0.394 e. The molecule has 31 heavy (non-hydrogen) atoms. The van der Waals surface area contributed by atoms with Crippen molar-refractivity contribution in [3.63, 3.8) is 0 Å². The molecule has 0 aliphatic heterocycles. The molecule has 1 N–H and O–H groups in total. The summed E-state index contributed by atoms with van der Waals surface area (Å²) in [6.07, 6.45) is 1.16. The predicted octanol–water partition coefficient (Wildman–Crippen LogP) is 5.15. The molecule has 0 radical (unpaired) electrons. The summed E-state index contributed by atoms with van der Waals surface area (Å²) in [5.74, 6) is 0. The smallest absolute Gasteiger partial charge is 0.0814 e. The first-order chi connectivity index (χ1) is 15.3. The van der Waals surface area contributed by atoms with Crippen LogP contribution in [0.2, 0.25) is 0 Å². The molecule has 0 saturated heterocycles. The Morgan fingerprint density at radius 1 is 0.548 bits per heavy atom. The van der Waals surface area contributed by atoms with Gasteiger partial charge in [0.1, 0.15) is 0 Å². The van der Waals surface area contributed by atoms with E-state index in [1.165, 1.54) is 0 Å². The molecule has 3 rings (SSSR count). The van der Waals surface area contributed by atoms with Crippen molar-refractivity contribution in [2.24, 2.45) is 0 Å². The van der Waals surface area contributed by atoms with Crippen LogP contribution in [0.1, 0.15) is 29.5 Å². The molecule has 0 aromatic heterocycles. The third-order valence-electron chi connectivity index (χ3n) is 5.09. The van der Waals surface area contributed by atoms with E-state index in [9.17, 15) is 5.11 Å². The van der Waals surface area contributed by atoms with Crippen molar-refractivity contribution in [3.8, 4) is 0 Å². The maximum atomic E-state index is 9.75. The van der Waals surface area contributed by atoms with Crippen LogP contribution in [0.3, 0.4) is 0 Å². The second-order valence-corrected chi connectivity index (χ2v) is 7.60. The van der Waals surface area contributed by atoms with Gasteiger partial charge in [-0.25, -0.2) is 0 Å². The van der Waals surface area contributed by atoms with Gasteiger partial charge in [0, 0.05) is 0 Å². The summed E-state index contributed by atoms with van der Waals surface area (Å²) >= 11 is 0. The Hall–Kier alpha value is -2.50. The van der Waals surface area contributed by atoms with Gasteiger partial charge >= 0.3 is 0 Å². The first kappa shape index (κ1) is 23.2. The molecular weight excluding hydrogens is 388 g/mol. The fourth-order valence-electron chi connectivity index (χ4n) is 3.27. The lowest BCUT2D eigenvalue weighted by atomic mass is 10.1. The number of hydrogen-bond donors (Lipinski definition) is 1. The summed E-state index contributed by atoms with van der Waals surface area (Å²) in [5, 5.41) is 9.75. The van der Waals surface area contributed by atoms with E-state index >= 15 is 0 Å².